The molecule has 2 aromatic carbocycles. The van der Waals surface area contributed by atoms with Crippen LogP contribution in [-0.4, -0.2) is 16.9 Å². The number of benzene rings is 2. The highest BCUT2D eigenvalue weighted by atomic mass is 16.5. The molecule has 1 N–H and O–H groups in total. The molecule has 130 valence electrons. The van der Waals surface area contributed by atoms with Crippen molar-refractivity contribution >= 4 is 27.7 Å². The van der Waals surface area contributed by atoms with E-state index < -0.39 is 11.7 Å². The van der Waals surface area contributed by atoms with Gasteiger partial charge in [-0.15, -0.1) is 0 Å². The minimum atomic E-state index is -0.678. The number of ketones is 1. The number of carbonyl (C=O) groups is 1. The monoisotopic (exact) mass is 347 g/mol. The summed E-state index contributed by atoms with van der Waals surface area (Å²) in [6, 6.07) is 14.3. The molecule has 0 bridgehead atoms. The van der Waals surface area contributed by atoms with Gasteiger partial charge in [0.05, 0.1) is 0 Å². The Balaban J connectivity index is 1.63. The molecule has 1 atom stereocenters. The van der Waals surface area contributed by atoms with Crippen LogP contribution >= 0.6 is 0 Å². The highest BCUT2D eigenvalue weighted by Crippen LogP contribution is 2.25. The van der Waals surface area contributed by atoms with Crippen LogP contribution in [0.3, 0.4) is 0 Å². The van der Waals surface area contributed by atoms with E-state index in [9.17, 15) is 9.59 Å². The molecular weight excluding hydrogens is 330 g/mol. The number of para-hydroxylation sites is 1. The number of aromatic nitrogens is 1. The van der Waals surface area contributed by atoms with Gasteiger partial charge in [0.25, 0.3) is 0 Å². The first-order valence-electron chi connectivity index (χ1n) is 8.34. The van der Waals surface area contributed by atoms with Crippen molar-refractivity contribution in [3.05, 3.63) is 76.3 Å². The Labute approximate surface area is 149 Å². The van der Waals surface area contributed by atoms with Crippen LogP contribution in [0.25, 0.3) is 21.9 Å². The summed E-state index contributed by atoms with van der Waals surface area (Å²) >= 11 is 0. The van der Waals surface area contributed by atoms with Gasteiger partial charge in [0.2, 0.25) is 5.78 Å². The zero-order chi connectivity index (χ0) is 18.3. The van der Waals surface area contributed by atoms with Crippen LogP contribution < -0.4 is 10.4 Å². The predicted molar refractivity (Wildman–Crippen MR) is 99.9 cm³/mol. The van der Waals surface area contributed by atoms with Crippen LogP contribution in [0.15, 0.2) is 63.9 Å². The largest absolute Gasteiger partial charge is 0.482 e. The van der Waals surface area contributed by atoms with Gasteiger partial charge in [0.15, 0.2) is 6.10 Å². The molecule has 2 heterocycles. The van der Waals surface area contributed by atoms with Gasteiger partial charge in [-0.1, -0.05) is 18.2 Å². The standard InChI is InChI=1S/C21H17NO4/c1-12-9-20(23)26-19-10-14(7-8-15(12)19)25-13(2)21(24)17-11-22-18-6-4-3-5-16(17)18/h3-11,13,22H,1-2H3. The topological polar surface area (TPSA) is 72.3 Å². The lowest BCUT2D eigenvalue weighted by atomic mass is 10.1. The van der Waals surface area contributed by atoms with Gasteiger partial charge in [-0.2, -0.15) is 0 Å². The first-order valence-corrected chi connectivity index (χ1v) is 8.34. The Morgan fingerprint density at radius 3 is 2.77 bits per heavy atom. The van der Waals surface area contributed by atoms with Gasteiger partial charge in [0.1, 0.15) is 11.3 Å². The number of hydrogen-bond donors (Lipinski definition) is 1. The molecule has 0 radical (unpaired) electrons. The molecule has 4 rings (SSSR count). The maximum Gasteiger partial charge on any atom is 0.336 e. The Hall–Kier alpha value is -3.34. The molecule has 0 saturated carbocycles. The van der Waals surface area contributed by atoms with Crippen molar-refractivity contribution < 1.29 is 13.9 Å². The molecule has 0 fully saturated rings. The van der Waals surface area contributed by atoms with Crippen molar-refractivity contribution in [2.75, 3.05) is 0 Å². The molecule has 0 amide bonds. The molecule has 26 heavy (non-hydrogen) atoms. The van der Waals surface area contributed by atoms with Gasteiger partial charge in [-0.3, -0.25) is 4.79 Å². The number of carbonyl (C=O) groups excluding carboxylic acids is 1. The number of nitrogens with one attached hydrogen (secondary N) is 1. The third-order valence-corrected chi connectivity index (χ3v) is 4.46. The first-order chi connectivity index (χ1) is 12.5. The molecule has 0 spiro atoms. The number of H-pyrrole nitrogens is 1. The van der Waals surface area contributed by atoms with Crippen LogP contribution in [0.4, 0.5) is 0 Å². The predicted octanol–water partition coefficient (Wildman–Crippen LogP) is 4.23. The van der Waals surface area contributed by atoms with E-state index >= 15 is 0 Å². The average Bonchev–Trinajstić information content (AvgIpc) is 3.04. The molecule has 5 nitrogen and oxygen atoms in total. The van der Waals surface area contributed by atoms with E-state index in [1.165, 1.54) is 6.07 Å². The van der Waals surface area contributed by atoms with Gasteiger partial charge in [-0.25, -0.2) is 4.79 Å². The van der Waals surface area contributed by atoms with E-state index in [2.05, 4.69) is 4.98 Å². The summed E-state index contributed by atoms with van der Waals surface area (Å²) in [5, 5.41) is 1.71. The van der Waals surface area contributed by atoms with Crippen LogP contribution in [-0.2, 0) is 0 Å². The van der Waals surface area contributed by atoms with Crippen molar-refractivity contribution in [2.45, 2.75) is 20.0 Å². The zero-order valence-corrected chi connectivity index (χ0v) is 14.4. The Morgan fingerprint density at radius 1 is 1.12 bits per heavy atom. The van der Waals surface area contributed by atoms with Gasteiger partial charge >= 0.3 is 5.63 Å². The summed E-state index contributed by atoms with van der Waals surface area (Å²) in [7, 11) is 0. The van der Waals surface area contributed by atoms with Crippen molar-refractivity contribution in [3.8, 4) is 5.75 Å². The number of aromatic amines is 1. The second-order valence-corrected chi connectivity index (χ2v) is 6.28. The summed E-state index contributed by atoms with van der Waals surface area (Å²) in [6.45, 7) is 3.56. The summed E-state index contributed by atoms with van der Waals surface area (Å²) in [5.74, 6) is 0.361. The first kappa shape index (κ1) is 16.1. The molecule has 5 heteroatoms. The summed E-state index contributed by atoms with van der Waals surface area (Å²) in [6.07, 6.45) is 1.03. The lowest BCUT2D eigenvalue weighted by molar-refractivity contribution is 0.0820. The summed E-state index contributed by atoms with van der Waals surface area (Å²) in [4.78, 5) is 27.4. The second kappa shape index (κ2) is 6.19. The molecule has 1 unspecified atom stereocenters. The van der Waals surface area contributed by atoms with Crippen molar-refractivity contribution in [2.24, 2.45) is 0 Å². The molecule has 0 aliphatic heterocycles. The number of ether oxygens (including phenoxy) is 1. The smallest absolute Gasteiger partial charge is 0.336 e. The normalized spacial score (nSPS) is 12.4. The molecule has 0 aliphatic carbocycles. The lowest BCUT2D eigenvalue weighted by Gasteiger charge is -2.14. The summed E-state index contributed by atoms with van der Waals surface area (Å²) < 4.78 is 11.0. The van der Waals surface area contributed by atoms with Gasteiger partial charge in [-0.05, 0) is 37.6 Å². The number of hydrogen-bond acceptors (Lipinski definition) is 4. The highest BCUT2D eigenvalue weighted by Gasteiger charge is 2.20. The van der Waals surface area contributed by atoms with Crippen molar-refractivity contribution in [3.63, 3.8) is 0 Å². The molecular formula is C21H17NO4. The lowest BCUT2D eigenvalue weighted by Crippen LogP contribution is -2.23. The number of fused-ring (bicyclic) bond motifs is 2. The van der Waals surface area contributed by atoms with Gasteiger partial charge < -0.3 is 14.1 Å². The van der Waals surface area contributed by atoms with Crippen LogP contribution in [0.5, 0.6) is 5.75 Å². The number of rotatable bonds is 4. The molecule has 0 saturated heterocycles. The Morgan fingerprint density at radius 2 is 1.92 bits per heavy atom. The van der Waals surface area contributed by atoms with Crippen LogP contribution in [0, 0.1) is 6.92 Å². The van der Waals surface area contributed by atoms with E-state index in [-0.39, 0.29) is 5.78 Å². The third kappa shape index (κ3) is 2.77. The summed E-state index contributed by atoms with van der Waals surface area (Å²) in [5.41, 5.74) is 2.38. The average molecular weight is 347 g/mol. The highest BCUT2D eigenvalue weighted by molar-refractivity contribution is 6.09. The Bertz CT molecular complexity index is 1190. The van der Waals surface area contributed by atoms with Crippen LogP contribution in [0.1, 0.15) is 22.8 Å². The fraction of sp³-hybridized carbons (Fsp3) is 0.143. The van der Waals surface area contributed by atoms with Crippen molar-refractivity contribution in [1.82, 2.24) is 4.98 Å². The molecule has 2 aromatic heterocycles. The molecule has 0 aliphatic rings. The second-order valence-electron chi connectivity index (χ2n) is 6.28. The fourth-order valence-electron chi connectivity index (χ4n) is 3.13. The minimum absolute atomic E-state index is 0.117. The number of Topliss-reactive ketones (excluding diaryl/α,β-unsaturated/α-hetero) is 1. The maximum atomic E-state index is 12.8. The molecule has 4 aromatic rings. The number of aryl methyl sites for hydroxylation is 1. The maximum absolute atomic E-state index is 12.8. The SMILES string of the molecule is Cc1cc(=O)oc2cc(OC(C)C(=O)c3c[nH]c4ccccc34)ccc12. The Kier molecular flexibility index (Phi) is 3.84. The minimum Gasteiger partial charge on any atom is -0.482 e. The van der Waals surface area contributed by atoms with E-state index in [1.807, 2.05) is 37.3 Å². The fourth-order valence-corrected chi connectivity index (χ4v) is 3.13. The van der Waals surface area contributed by atoms with E-state index in [0.29, 0.717) is 16.9 Å². The van der Waals surface area contributed by atoms with E-state index in [1.54, 1.807) is 25.3 Å². The van der Waals surface area contributed by atoms with E-state index in [0.717, 1.165) is 21.9 Å². The van der Waals surface area contributed by atoms with Gasteiger partial charge in [0, 0.05) is 40.2 Å². The quantitative estimate of drug-likeness (QED) is 0.443. The van der Waals surface area contributed by atoms with E-state index in [4.69, 9.17) is 9.15 Å². The third-order valence-electron chi connectivity index (χ3n) is 4.46. The van der Waals surface area contributed by atoms with Crippen LogP contribution in [0.2, 0.25) is 0 Å². The van der Waals surface area contributed by atoms with Crippen molar-refractivity contribution in [1.29, 1.82) is 0 Å². The zero-order valence-electron chi connectivity index (χ0n) is 14.4.